The van der Waals surface area contributed by atoms with Crippen LogP contribution in [0.25, 0.3) is 0 Å². The van der Waals surface area contributed by atoms with Crippen LogP contribution in [0.2, 0.25) is 0 Å². The summed E-state index contributed by atoms with van der Waals surface area (Å²) < 4.78 is 73.9. The summed E-state index contributed by atoms with van der Waals surface area (Å²) in [6, 6.07) is 10.9. The van der Waals surface area contributed by atoms with Crippen molar-refractivity contribution in [3.05, 3.63) is 59.2 Å². The summed E-state index contributed by atoms with van der Waals surface area (Å²) in [5.74, 6) is -0.306. The second-order valence-corrected chi connectivity index (χ2v) is 9.99. The van der Waals surface area contributed by atoms with Gasteiger partial charge in [-0.25, -0.2) is 13.6 Å². The summed E-state index contributed by atoms with van der Waals surface area (Å²) in [6.07, 6.45) is -3.54. The molecule has 0 amide bonds. The zero-order chi connectivity index (χ0) is 24.5. The van der Waals surface area contributed by atoms with Crippen molar-refractivity contribution in [3.8, 4) is 11.8 Å². The second kappa shape index (κ2) is 9.46. The van der Waals surface area contributed by atoms with Crippen LogP contribution >= 0.6 is 11.9 Å². The van der Waals surface area contributed by atoms with Crippen molar-refractivity contribution in [2.24, 2.45) is 9.54 Å². The molecule has 0 saturated carbocycles. The molecule has 0 aliphatic carbocycles. The number of primary sulfonamides is 1. The number of hydrogen-bond acceptors (Lipinski definition) is 8. The molecule has 8 nitrogen and oxygen atoms in total. The Morgan fingerprint density at radius 2 is 1.88 bits per heavy atom. The number of nitriles is 1. The van der Waals surface area contributed by atoms with E-state index in [2.05, 4.69) is 4.40 Å². The molecule has 2 N–H and O–H groups in total. The highest BCUT2D eigenvalue weighted by Gasteiger charge is 2.38. The third-order valence-electron chi connectivity index (χ3n) is 5.45. The van der Waals surface area contributed by atoms with Crippen LogP contribution < -0.4 is 9.98 Å². The van der Waals surface area contributed by atoms with Gasteiger partial charge in [-0.15, -0.1) is 0 Å². The van der Waals surface area contributed by atoms with Gasteiger partial charge in [0.05, 0.1) is 10.5 Å². The quantitative estimate of drug-likeness (QED) is 0.599. The first-order valence-electron chi connectivity index (χ1n) is 10.1. The Kier molecular flexibility index (Phi) is 6.77. The van der Waals surface area contributed by atoms with Crippen LogP contribution in [-0.4, -0.2) is 32.5 Å². The number of hydrogen-bond donors (Lipinski definition) is 1. The van der Waals surface area contributed by atoms with Crippen LogP contribution in [0.1, 0.15) is 40.8 Å². The molecule has 1 saturated heterocycles. The van der Waals surface area contributed by atoms with Crippen LogP contribution in [0, 0.1) is 11.3 Å². The van der Waals surface area contributed by atoms with Crippen LogP contribution in [0.5, 0.6) is 5.75 Å². The summed E-state index contributed by atoms with van der Waals surface area (Å²) >= 11 is 0.881. The fourth-order valence-corrected chi connectivity index (χ4v) is 5.54. The van der Waals surface area contributed by atoms with E-state index in [1.165, 1.54) is 24.3 Å². The van der Waals surface area contributed by atoms with E-state index >= 15 is 0 Å². The molecule has 13 heteroatoms. The highest BCUT2D eigenvalue weighted by Crippen LogP contribution is 2.44. The molecule has 2 aromatic carbocycles. The van der Waals surface area contributed by atoms with Crippen molar-refractivity contribution in [2.45, 2.75) is 35.2 Å². The first-order valence-corrected chi connectivity index (χ1v) is 12.5. The summed E-state index contributed by atoms with van der Waals surface area (Å²) in [5.41, 5.74) is -0.267. The Labute approximate surface area is 198 Å². The van der Waals surface area contributed by atoms with Gasteiger partial charge in [0.15, 0.2) is 11.1 Å². The molecule has 1 unspecified atom stereocenters. The SMILES string of the molecule is N#CC1=NSC(c2ccccc2S(N)(=O)=O)N1Oc1ccc(C(F)(F)F)cc1C1CCOCC1. The van der Waals surface area contributed by atoms with Gasteiger partial charge in [0, 0.05) is 36.3 Å². The van der Waals surface area contributed by atoms with Gasteiger partial charge >= 0.3 is 6.18 Å². The average Bonchev–Trinajstić information content (AvgIpc) is 3.21. The summed E-state index contributed by atoms with van der Waals surface area (Å²) in [4.78, 5) is 5.81. The van der Waals surface area contributed by atoms with Crippen molar-refractivity contribution in [2.75, 3.05) is 13.2 Å². The fraction of sp³-hybridized carbons (Fsp3) is 0.333. The minimum Gasteiger partial charge on any atom is -0.381 e. The topological polar surface area (TPSA) is 118 Å². The van der Waals surface area contributed by atoms with Crippen molar-refractivity contribution >= 4 is 27.8 Å². The number of ether oxygens (including phenoxy) is 1. The number of benzene rings is 2. The van der Waals surface area contributed by atoms with Crippen molar-refractivity contribution < 1.29 is 31.2 Å². The molecule has 34 heavy (non-hydrogen) atoms. The third kappa shape index (κ3) is 5.00. The van der Waals surface area contributed by atoms with Crippen molar-refractivity contribution in [3.63, 3.8) is 0 Å². The smallest absolute Gasteiger partial charge is 0.381 e. The Bertz CT molecular complexity index is 1260. The van der Waals surface area contributed by atoms with Crippen LogP contribution in [0.3, 0.4) is 0 Å². The number of sulfonamides is 1. The second-order valence-electron chi connectivity index (χ2n) is 7.62. The maximum atomic E-state index is 13.4. The van der Waals surface area contributed by atoms with Crippen molar-refractivity contribution in [1.29, 1.82) is 5.26 Å². The van der Waals surface area contributed by atoms with Crippen LogP contribution in [0.4, 0.5) is 13.2 Å². The standard InChI is InChI=1S/C21H19F3N4O4S2/c22-21(23,24)14-5-6-17(16(11-14)13-7-9-31-10-8-13)32-28-19(12-25)27-33-20(28)15-3-1-2-4-18(15)34(26,29)30/h1-6,11,13,20H,7-10H2,(H2,26,29,30). The fourth-order valence-electron chi connectivity index (χ4n) is 3.82. The molecule has 2 heterocycles. The summed E-state index contributed by atoms with van der Waals surface area (Å²) in [6.45, 7) is 0.796. The van der Waals surface area contributed by atoms with Gasteiger partial charge in [0.1, 0.15) is 6.07 Å². The predicted octanol–water partition coefficient (Wildman–Crippen LogP) is 4.13. The molecule has 0 spiro atoms. The van der Waals surface area contributed by atoms with Crippen molar-refractivity contribution in [1.82, 2.24) is 5.06 Å². The van der Waals surface area contributed by atoms with E-state index in [0.717, 1.165) is 29.1 Å². The van der Waals surface area contributed by atoms with Gasteiger partial charge in [-0.05, 0) is 43.0 Å². The van der Waals surface area contributed by atoms with E-state index in [1.54, 1.807) is 6.07 Å². The number of hydroxylamine groups is 2. The molecule has 4 rings (SSSR count). The summed E-state index contributed by atoms with van der Waals surface area (Å²) in [5, 5.41) is 15.1. The number of nitrogens with zero attached hydrogens (tertiary/aromatic N) is 3. The first-order chi connectivity index (χ1) is 16.1. The molecule has 2 aromatic rings. The lowest BCUT2D eigenvalue weighted by molar-refractivity contribution is -0.137. The minimum atomic E-state index is -4.54. The van der Waals surface area contributed by atoms with E-state index in [1.807, 2.05) is 6.07 Å². The zero-order valence-corrected chi connectivity index (χ0v) is 19.2. The monoisotopic (exact) mass is 512 g/mol. The summed E-state index contributed by atoms with van der Waals surface area (Å²) in [7, 11) is -4.11. The molecular weight excluding hydrogens is 493 g/mol. The highest BCUT2D eigenvalue weighted by molar-refractivity contribution is 7.98. The molecule has 2 aliphatic rings. The van der Waals surface area contributed by atoms with Gasteiger partial charge in [-0.1, -0.05) is 18.2 Å². The Morgan fingerprint density at radius 3 is 2.53 bits per heavy atom. The van der Waals surface area contributed by atoms with E-state index in [0.29, 0.717) is 31.6 Å². The molecular formula is C21H19F3N4O4S2. The number of rotatable bonds is 5. The number of amidine groups is 1. The van der Waals surface area contributed by atoms with Gasteiger partial charge in [-0.2, -0.15) is 27.9 Å². The average molecular weight is 513 g/mol. The van der Waals surface area contributed by atoms with E-state index in [4.69, 9.17) is 14.7 Å². The zero-order valence-electron chi connectivity index (χ0n) is 17.5. The maximum Gasteiger partial charge on any atom is 0.416 e. The lowest BCUT2D eigenvalue weighted by Gasteiger charge is -2.29. The molecule has 2 aliphatic heterocycles. The van der Waals surface area contributed by atoms with Gasteiger partial charge in [0.25, 0.3) is 0 Å². The number of nitrogens with two attached hydrogens (primary N) is 1. The molecule has 1 fully saturated rings. The minimum absolute atomic E-state index is 0.114. The molecule has 0 aromatic heterocycles. The highest BCUT2D eigenvalue weighted by atomic mass is 32.2. The molecule has 1 atom stereocenters. The first kappa shape index (κ1) is 24.3. The van der Waals surface area contributed by atoms with E-state index < -0.39 is 27.1 Å². The Hall–Kier alpha value is -2.79. The Balaban J connectivity index is 1.75. The maximum absolute atomic E-state index is 13.4. The van der Waals surface area contributed by atoms with Crippen LogP contribution in [-0.2, 0) is 20.9 Å². The van der Waals surface area contributed by atoms with Gasteiger partial charge in [0.2, 0.25) is 15.9 Å². The Morgan fingerprint density at radius 1 is 1.18 bits per heavy atom. The molecule has 0 radical (unpaired) electrons. The number of halogens is 3. The van der Waals surface area contributed by atoms with Gasteiger partial charge < -0.3 is 9.57 Å². The third-order valence-corrected chi connectivity index (χ3v) is 7.36. The predicted molar refractivity (Wildman–Crippen MR) is 118 cm³/mol. The lowest BCUT2D eigenvalue weighted by Crippen LogP contribution is -2.33. The molecule has 0 bridgehead atoms. The van der Waals surface area contributed by atoms with E-state index in [9.17, 15) is 26.9 Å². The molecule has 180 valence electrons. The largest absolute Gasteiger partial charge is 0.416 e. The van der Waals surface area contributed by atoms with E-state index in [-0.39, 0.29) is 28.0 Å². The van der Waals surface area contributed by atoms with Gasteiger partial charge in [-0.3, -0.25) is 0 Å². The lowest BCUT2D eigenvalue weighted by atomic mass is 9.90. The normalized spacial score (nSPS) is 19.6. The number of alkyl halides is 3. The van der Waals surface area contributed by atoms with Crippen LogP contribution in [0.15, 0.2) is 51.8 Å².